The highest BCUT2D eigenvalue weighted by Crippen LogP contribution is 2.30. The van der Waals surface area contributed by atoms with Crippen LogP contribution in [0.15, 0.2) is 53.6 Å². The van der Waals surface area contributed by atoms with Gasteiger partial charge in [-0.2, -0.15) is 0 Å². The molecule has 2 N–H and O–H groups in total. The number of nitrogens with zero attached hydrogens (tertiary/aromatic N) is 2. The van der Waals surface area contributed by atoms with Gasteiger partial charge in [-0.15, -0.1) is 0 Å². The summed E-state index contributed by atoms with van der Waals surface area (Å²) in [5.41, 5.74) is 0.0413. The maximum atomic E-state index is 12.5. The lowest BCUT2D eigenvalue weighted by Gasteiger charge is -2.26. The number of ether oxygens (including phenoxy) is 2. The van der Waals surface area contributed by atoms with E-state index in [-0.39, 0.29) is 25.1 Å². The van der Waals surface area contributed by atoms with Crippen LogP contribution in [0.25, 0.3) is 10.9 Å². The third-order valence-corrected chi connectivity index (χ3v) is 4.65. The number of amides is 3. The molecule has 2 aromatic carbocycles. The Morgan fingerprint density at radius 1 is 1.20 bits per heavy atom. The summed E-state index contributed by atoms with van der Waals surface area (Å²) in [6, 6.07) is 11.2. The molecule has 0 saturated heterocycles. The van der Waals surface area contributed by atoms with E-state index in [9.17, 15) is 14.4 Å². The Balaban J connectivity index is 1.31. The van der Waals surface area contributed by atoms with Gasteiger partial charge in [0.1, 0.15) is 13.2 Å². The van der Waals surface area contributed by atoms with Gasteiger partial charge in [0, 0.05) is 5.02 Å². The quantitative estimate of drug-likeness (QED) is 0.654. The van der Waals surface area contributed by atoms with E-state index in [0.717, 1.165) is 4.57 Å². The fraction of sp³-hybridized carbons (Fsp3) is 0.200. The fourth-order valence-corrected chi connectivity index (χ4v) is 3.15. The van der Waals surface area contributed by atoms with Crippen LogP contribution >= 0.6 is 11.6 Å². The van der Waals surface area contributed by atoms with Crippen LogP contribution in [-0.4, -0.2) is 40.7 Å². The predicted octanol–water partition coefficient (Wildman–Crippen LogP) is 1.72. The van der Waals surface area contributed by atoms with Gasteiger partial charge in [-0.25, -0.2) is 9.78 Å². The molecule has 1 aliphatic rings. The molecule has 1 atom stereocenters. The van der Waals surface area contributed by atoms with Crippen molar-refractivity contribution in [3.8, 4) is 11.5 Å². The van der Waals surface area contributed by atoms with Crippen molar-refractivity contribution < 1.29 is 19.1 Å². The summed E-state index contributed by atoms with van der Waals surface area (Å²) in [6.45, 7) is 0.0491. The molecule has 0 aliphatic carbocycles. The van der Waals surface area contributed by atoms with Gasteiger partial charge in [0.05, 0.1) is 23.8 Å². The highest BCUT2D eigenvalue weighted by atomic mass is 35.5. The first-order valence-corrected chi connectivity index (χ1v) is 9.48. The van der Waals surface area contributed by atoms with Gasteiger partial charge in [0.15, 0.2) is 17.6 Å². The molecular formula is C20H17ClN4O5. The molecule has 154 valence electrons. The number of carbonyl (C=O) groups excluding carboxylic acids is 2. The minimum atomic E-state index is -0.702. The summed E-state index contributed by atoms with van der Waals surface area (Å²) in [5.74, 6) is 0.573. The number of rotatable bonds is 4. The number of benzene rings is 2. The number of urea groups is 1. The van der Waals surface area contributed by atoms with E-state index in [1.165, 1.54) is 12.4 Å². The number of carbonyl (C=O) groups is 2. The Kier molecular flexibility index (Phi) is 5.53. The van der Waals surface area contributed by atoms with Crippen LogP contribution in [0.1, 0.15) is 0 Å². The number of aromatic nitrogens is 2. The van der Waals surface area contributed by atoms with Crippen molar-refractivity contribution in [3.63, 3.8) is 0 Å². The number of imide groups is 1. The molecule has 30 heavy (non-hydrogen) atoms. The minimum Gasteiger partial charge on any atom is -0.486 e. The van der Waals surface area contributed by atoms with E-state index >= 15 is 0 Å². The molecular weight excluding hydrogens is 412 g/mol. The normalized spacial score (nSPS) is 14.9. The smallest absolute Gasteiger partial charge is 0.321 e. The molecule has 3 amide bonds. The standard InChI is InChI=1S/C20H17ClN4O5/c21-12-5-6-15-14(7-12)19(27)25(11-23-15)9-18(26)24-20(28)22-8-13-10-29-16-3-1-2-4-17(16)30-13/h1-7,11,13H,8-10H2,(H2,22,24,26,28)/t13-/m0/s1. The molecule has 2 heterocycles. The monoisotopic (exact) mass is 428 g/mol. The summed E-state index contributed by atoms with van der Waals surface area (Å²) in [4.78, 5) is 40.8. The molecule has 0 fully saturated rings. The molecule has 0 spiro atoms. The summed E-state index contributed by atoms with van der Waals surface area (Å²) >= 11 is 5.92. The number of fused-ring (bicyclic) bond motifs is 2. The maximum absolute atomic E-state index is 12.5. The van der Waals surface area contributed by atoms with Crippen molar-refractivity contribution in [3.05, 3.63) is 64.2 Å². The van der Waals surface area contributed by atoms with Crippen LogP contribution in [0.3, 0.4) is 0 Å². The molecule has 4 rings (SSSR count). The molecule has 1 aliphatic heterocycles. The van der Waals surface area contributed by atoms with Gasteiger partial charge in [0.25, 0.3) is 5.56 Å². The summed E-state index contributed by atoms with van der Waals surface area (Å²) in [5, 5.41) is 5.41. The van der Waals surface area contributed by atoms with Gasteiger partial charge < -0.3 is 14.8 Å². The fourth-order valence-electron chi connectivity index (χ4n) is 2.98. The molecule has 0 radical (unpaired) electrons. The van der Waals surface area contributed by atoms with Crippen LogP contribution in [-0.2, 0) is 11.3 Å². The molecule has 0 unspecified atom stereocenters. The summed E-state index contributed by atoms with van der Waals surface area (Å²) in [7, 11) is 0. The van der Waals surface area contributed by atoms with Crippen LogP contribution in [0, 0.1) is 0 Å². The number of para-hydroxylation sites is 2. The maximum Gasteiger partial charge on any atom is 0.321 e. The van der Waals surface area contributed by atoms with E-state index < -0.39 is 23.6 Å². The van der Waals surface area contributed by atoms with Gasteiger partial charge in [-0.3, -0.25) is 19.5 Å². The van der Waals surface area contributed by atoms with Crippen molar-refractivity contribution in [1.29, 1.82) is 0 Å². The summed E-state index contributed by atoms with van der Waals surface area (Å²) < 4.78 is 12.4. The Bertz CT molecular complexity index is 1180. The minimum absolute atomic E-state index is 0.142. The SMILES string of the molecule is O=C(Cn1cnc2ccc(Cl)cc2c1=O)NC(=O)NC[C@H]1COc2ccccc2O1. The van der Waals surface area contributed by atoms with E-state index in [0.29, 0.717) is 22.0 Å². The Morgan fingerprint density at radius 3 is 2.83 bits per heavy atom. The third-order valence-electron chi connectivity index (χ3n) is 4.41. The van der Waals surface area contributed by atoms with Crippen molar-refractivity contribution in [2.45, 2.75) is 12.6 Å². The molecule has 10 heteroatoms. The van der Waals surface area contributed by atoms with Crippen molar-refractivity contribution in [2.24, 2.45) is 0 Å². The van der Waals surface area contributed by atoms with Gasteiger partial charge in [-0.05, 0) is 30.3 Å². The van der Waals surface area contributed by atoms with Crippen molar-refractivity contribution >= 4 is 34.4 Å². The van der Waals surface area contributed by atoms with Crippen LogP contribution in [0.4, 0.5) is 4.79 Å². The molecule has 0 saturated carbocycles. The van der Waals surface area contributed by atoms with E-state index in [1.54, 1.807) is 24.3 Å². The lowest BCUT2D eigenvalue weighted by molar-refractivity contribution is -0.120. The third kappa shape index (κ3) is 4.36. The molecule has 0 bridgehead atoms. The molecule has 9 nitrogen and oxygen atoms in total. The average molecular weight is 429 g/mol. The number of hydrogen-bond acceptors (Lipinski definition) is 6. The van der Waals surface area contributed by atoms with Crippen LogP contribution in [0.2, 0.25) is 5.02 Å². The number of hydrogen-bond donors (Lipinski definition) is 2. The zero-order chi connectivity index (χ0) is 21.1. The van der Waals surface area contributed by atoms with Crippen LogP contribution in [0.5, 0.6) is 11.5 Å². The zero-order valence-electron chi connectivity index (χ0n) is 15.6. The molecule has 1 aromatic heterocycles. The zero-order valence-corrected chi connectivity index (χ0v) is 16.4. The highest BCUT2D eigenvalue weighted by Gasteiger charge is 2.21. The largest absolute Gasteiger partial charge is 0.486 e. The van der Waals surface area contributed by atoms with E-state index in [1.807, 2.05) is 12.1 Å². The predicted molar refractivity (Wildman–Crippen MR) is 109 cm³/mol. The van der Waals surface area contributed by atoms with Crippen molar-refractivity contribution in [2.75, 3.05) is 13.2 Å². The van der Waals surface area contributed by atoms with Gasteiger partial charge in [0.2, 0.25) is 5.91 Å². The Labute approximate surface area is 175 Å². The average Bonchev–Trinajstić information content (AvgIpc) is 2.74. The van der Waals surface area contributed by atoms with Crippen molar-refractivity contribution in [1.82, 2.24) is 20.2 Å². The second-order valence-corrected chi connectivity index (χ2v) is 7.03. The first-order chi connectivity index (χ1) is 14.5. The highest BCUT2D eigenvalue weighted by molar-refractivity contribution is 6.31. The van der Waals surface area contributed by atoms with Gasteiger partial charge in [-0.1, -0.05) is 23.7 Å². The Morgan fingerprint density at radius 2 is 2.00 bits per heavy atom. The lowest BCUT2D eigenvalue weighted by atomic mass is 10.2. The van der Waals surface area contributed by atoms with Gasteiger partial charge >= 0.3 is 6.03 Å². The first kappa shape index (κ1) is 19.7. The van der Waals surface area contributed by atoms with E-state index in [4.69, 9.17) is 21.1 Å². The lowest BCUT2D eigenvalue weighted by Crippen LogP contribution is -2.47. The second-order valence-electron chi connectivity index (χ2n) is 6.59. The topological polar surface area (TPSA) is 112 Å². The first-order valence-electron chi connectivity index (χ1n) is 9.10. The number of nitrogens with one attached hydrogen (secondary N) is 2. The van der Waals surface area contributed by atoms with E-state index in [2.05, 4.69) is 15.6 Å². The number of halogens is 1. The molecule has 3 aromatic rings. The Hall–Kier alpha value is -3.59. The summed E-state index contributed by atoms with van der Waals surface area (Å²) in [6.07, 6.45) is 0.860. The van der Waals surface area contributed by atoms with Crippen LogP contribution < -0.4 is 25.7 Å². The second kappa shape index (κ2) is 8.42.